The largest absolute Gasteiger partial charge is 0.346 e. The lowest BCUT2D eigenvalue weighted by molar-refractivity contribution is 0.0683. The van der Waals surface area contributed by atoms with Crippen molar-refractivity contribution in [3.63, 3.8) is 0 Å². The molecular weight excluding hydrogens is 395 g/mol. The lowest BCUT2D eigenvalue weighted by atomic mass is 10.2. The van der Waals surface area contributed by atoms with Crippen molar-refractivity contribution in [3.8, 4) is 0 Å². The molecule has 29 heavy (non-hydrogen) atoms. The second-order valence-corrected chi connectivity index (χ2v) is 7.20. The number of hydrogen-bond acceptors (Lipinski definition) is 3. The fourth-order valence-electron chi connectivity index (χ4n) is 3.22. The van der Waals surface area contributed by atoms with Gasteiger partial charge in [-0.25, -0.2) is 4.39 Å². The van der Waals surface area contributed by atoms with Gasteiger partial charge in [-0.05, 0) is 23.8 Å². The van der Waals surface area contributed by atoms with Crippen molar-refractivity contribution in [2.45, 2.75) is 19.6 Å². The zero-order chi connectivity index (χ0) is 20.4. The molecule has 6 nitrogen and oxygen atoms in total. The van der Waals surface area contributed by atoms with E-state index in [0.29, 0.717) is 35.9 Å². The number of rotatable bonds is 5. The molecule has 0 radical (unpaired) electrons. The predicted octanol–water partition coefficient (Wildman–Crippen LogP) is 3.26. The van der Waals surface area contributed by atoms with E-state index in [-0.39, 0.29) is 24.0 Å². The van der Waals surface area contributed by atoms with Crippen molar-refractivity contribution >= 4 is 23.4 Å². The number of benzene rings is 2. The van der Waals surface area contributed by atoms with E-state index in [2.05, 4.69) is 10.4 Å². The van der Waals surface area contributed by atoms with E-state index in [1.165, 1.54) is 12.1 Å². The lowest BCUT2D eigenvalue weighted by Crippen LogP contribution is -2.39. The zero-order valence-corrected chi connectivity index (χ0v) is 16.2. The number of amides is 2. The molecule has 148 valence electrons. The van der Waals surface area contributed by atoms with Crippen molar-refractivity contribution in [1.29, 1.82) is 0 Å². The van der Waals surface area contributed by atoms with Crippen LogP contribution in [0.25, 0.3) is 0 Å². The highest BCUT2D eigenvalue weighted by Crippen LogP contribution is 2.18. The highest BCUT2D eigenvalue weighted by Gasteiger charge is 2.28. The van der Waals surface area contributed by atoms with E-state index in [9.17, 15) is 14.0 Å². The number of aromatic nitrogens is 2. The first-order chi connectivity index (χ1) is 14.0. The van der Waals surface area contributed by atoms with Gasteiger partial charge in [0, 0.05) is 36.3 Å². The maximum Gasteiger partial charge on any atom is 0.272 e. The first kappa shape index (κ1) is 19.1. The van der Waals surface area contributed by atoms with E-state index >= 15 is 0 Å². The minimum atomic E-state index is -0.452. The molecule has 2 amide bonds. The van der Waals surface area contributed by atoms with Crippen LogP contribution in [-0.2, 0) is 19.6 Å². The molecule has 0 saturated heterocycles. The topological polar surface area (TPSA) is 67.2 Å². The Hall–Kier alpha value is -3.19. The second kappa shape index (κ2) is 8.05. The molecule has 0 spiro atoms. The summed E-state index contributed by atoms with van der Waals surface area (Å²) in [7, 11) is 0. The Kier molecular flexibility index (Phi) is 5.31. The third-order valence-corrected chi connectivity index (χ3v) is 5.04. The van der Waals surface area contributed by atoms with Gasteiger partial charge < -0.3 is 10.2 Å². The molecule has 0 saturated carbocycles. The first-order valence-corrected chi connectivity index (χ1v) is 9.52. The molecule has 0 bridgehead atoms. The summed E-state index contributed by atoms with van der Waals surface area (Å²) in [6.07, 6.45) is 0. The normalized spacial score (nSPS) is 13.3. The van der Waals surface area contributed by atoms with Gasteiger partial charge in [0.05, 0.1) is 6.54 Å². The summed E-state index contributed by atoms with van der Waals surface area (Å²) in [6.45, 7) is 1.49. The van der Waals surface area contributed by atoms with Gasteiger partial charge in [0.1, 0.15) is 11.5 Å². The smallest absolute Gasteiger partial charge is 0.272 e. The van der Waals surface area contributed by atoms with E-state index in [0.717, 1.165) is 5.56 Å². The van der Waals surface area contributed by atoms with Crippen LogP contribution in [0.5, 0.6) is 0 Å². The minimum Gasteiger partial charge on any atom is -0.346 e. The molecule has 2 heterocycles. The van der Waals surface area contributed by atoms with Crippen molar-refractivity contribution in [3.05, 3.63) is 88.0 Å². The summed E-state index contributed by atoms with van der Waals surface area (Å²) in [4.78, 5) is 26.9. The average Bonchev–Trinajstić information content (AvgIpc) is 3.16. The predicted molar refractivity (Wildman–Crippen MR) is 106 cm³/mol. The molecule has 2 aromatic carbocycles. The fourth-order valence-corrected chi connectivity index (χ4v) is 3.34. The third kappa shape index (κ3) is 4.14. The lowest BCUT2D eigenvalue weighted by Gasteiger charge is -2.27. The van der Waals surface area contributed by atoms with Crippen LogP contribution in [-0.4, -0.2) is 33.0 Å². The molecule has 0 aliphatic carbocycles. The molecule has 1 N–H and O–H groups in total. The summed E-state index contributed by atoms with van der Waals surface area (Å²) in [5.74, 6) is -1.02. The Morgan fingerprint density at radius 1 is 1.14 bits per heavy atom. The Labute approximate surface area is 171 Å². The van der Waals surface area contributed by atoms with Crippen LogP contribution in [0.1, 0.15) is 32.1 Å². The van der Waals surface area contributed by atoms with E-state index < -0.39 is 5.91 Å². The van der Waals surface area contributed by atoms with Crippen LogP contribution in [0.4, 0.5) is 4.39 Å². The standard InChI is InChI=1S/C21H18ClFN4O2/c22-16-7-5-14(6-8-16)13-26-9-10-27-19(21(26)29)11-18(25-27)20(28)24-12-15-3-1-2-4-17(15)23/h1-8,11H,9-10,12-13H2,(H,24,28). The number of nitrogens with zero attached hydrogens (tertiary/aromatic N) is 3. The number of carbonyl (C=O) groups is 2. The third-order valence-electron chi connectivity index (χ3n) is 4.78. The average molecular weight is 413 g/mol. The van der Waals surface area contributed by atoms with Gasteiger partial charge in [0.25, 0.3) is 11.8 Å². The van der Waals surface area contributed by atoms with Gasteiger partial charge in [-0.1, -0.05) is 41.9 Å². The molecular formula is C21H18ClFN4O2. The zero-order valence-electron chi connectivity index (χ0n) is 15.4. The fraction of sp³-hybridized carbons (Fsp3) is 0.190. The SMILES string of the molecule is O=C(NCc1ccccc1F)c1cc2n(n1)CCN(Cc1ccc(Cl)cc1)C2=O. The molecule has 3 aromatic rings. The van der Waals surface area contributed by atoms with Gasteiger partial charge in [0.15, 0.2) is 5.69 Å². The monoisotopic (exact) mass is 412 g/mol. The molecule has 1 aromatic heterocycles. The summed E-state index contributed by atoms with van der Waals surface area (Å²) < 4.78 is 15.2. The molecule has 0 unspecified atom stereocenters. The summed E-state index contributed by atoms with van der Waals surface area (Å²) >= 11 is 5.91. The maximum absolute atomic E-state index is 13.7. The van der Waals surface area contributed by atoms with Crippen LogP contribution < -0.4 is 5.32 Å². The van der Waals surface area contributed by atoms with Crippen molar-refractivity contribution in [1.82, 2.24) is 20.0 Å². The second-order valence-electron chi connectivity index (χ2n) is 6.77. The minimum absolute atomic E-state index is 0.0460. The van der Waals surface area contributed by atoms with Crippen molar-refractivity contribution < 1.29 is 14.0 Å². The van der Waals surface area contributed by atoms with Gasteiger partial charge >= 0.3 is 0 Å². The Balaban J connectivity index is 1.44. The van der Waals surface area contributed by atoms with Gasteiger partial charge in [-0.15, -0.1) is 0 Å². The van der Waals surface area contributed by atoms with Crippen molar-refractivity contribution in [2.24, 2.45) is 0 Å². The number of hydrogen-bond donors (Lipinski definition) is 1. The van der Waals surface area contributed by atoms with E-state index in [1.54, 1.807) is 39.9 Å². The highest BCUT2D eigenvalue weighted by atomic mass is 35.5. The van der Waals surface area contributed by atoms with Crippen LogP contribution in [0.3, 0.4) is 0 Å². The maximum atomic E-state index is 13.7. The van der Waals surface area contributed by atoms with E-state index in [4.69, 9.17) is 11.6 Å². The number of nitrogens with one attached hydrogen (secondary N) is 1. The van der Waals surface area contributed by atoms with Crippen LogP contribution in [0.15, 0.2) is 54.6 Å². The number of carbonyl (C=O) groups excluding carboxylic acids is 2. The van der Waals surface area contributed by atoms with Gasteiger partial charge in [-0.3, -0.25) is 14.3 Å². The van der Waals surface area contributed by atoms with Crippen LogP contribution in [0.2, 0.25) is 5.02 Å². The van der Waals surface area contributed by atoms with Gasteiger partial charge in [-0.2, -0.15) is 5.10 Å². The highest BCUT2D eigenvalue weighted by molar-refractivity contribution is 6.30. The molecule has 4 rings (SSSR count). The molecule has 8 heteroatoms. The van der Waals surface area contributed by atoms with Gasteiger partial charge in [0.2, 0.25) is 0 Å². The molecule has 1 aliphatic heterocycles. The van der Waals surface area contributed by atoms with Crippen molar-refractivity contribution in [2.75, 3.05) is 6.54 Å². The van der Waals surface area contributed by atoms with Crippen LogP contribution in [0, 0.1) is 5.82 Å². The Bertz CT molecular complexity index is 1060. The first-order valence-electron chi connectivity index (χ1n) is 9.14. The molecule has 0 atom stereocenters. The Morgan fingerprint density at radius 2 is 1.90 bits per heavy atom. The quantitative estimate of drug-likeness (QED) is 0.699. The summed E-state index contributed by atoms with van der Waals surface area (Å²) in [5, 5.41) is 7.52. The number of fused-ring (bicyclic) bond motifs is 1. The number of halogens is 2. The summed E-state index contributed by atoms with van der Waals surface area (Å²) in [6, 6.07) is 15.0. The summed E-state index contributed by atoms with van der Waals surface area (Å²) in [5.41, 5.74) is 1.85. The Morgan fingerprint density at radius 3 is 2.66 bits per heavy atom. The molecule has 1 aliphatic rings. The molecule has 0 fully saturated rings. The van der Waals surface area contributed by atoms with E-state index in [1.807, 2.05) is 12.1 Å². The van der Waals surface area contributed by atoms with Crippen LogP contribution >= 0.6 is 11.6 Å².